The van der Waals surface area contributed by atoms with Gasteiger partial charge in [-0.3, -0.25) is 4.79 Å². The van der Waals surface area contributed by atoms with Crippen LogP contribution in [0.3, 0.4) is 0 Å². The Morgan fingerprint density at radius 1 is 1.43 bits per heavy atom. The van der Waals surface area contributed by atoms with Gasteiger partial charge >= 0.3 is 0 Å². The predicted octanol–water partition coefficient (Wildman–Crippen LogP) is 1.14. The summed E-state index contributed by atoms with van der Waals surface area (Å²) in [7, 11) is 1.76. The minimum Gasteiger partial charge on any atom is -0.314 e. The molecule has 0 saturated heterocycles. The van der Waals surface area contributed by atoms with Crippen molar-refractivity contribution < 1.29 is 0 Å². The molecule has 1 aliphatic rings. The first-order valence-electron chi connectivity index (χ1n) is 4.86. The van der Waals surface area contributed by atoms with Gasteiger partial charge in [-0.25, -0.2) is 0 Å². The Morgan fingerprint density at radius 2 is 2.14 bits per heavy atom. The number of hydrogen-bond acceptors (Lipinski definition) is 2. The summed E-state index contributed by atoms with van der Waals surface area (Å²) >= 11 is 0. The van der Waals surface area contributed by atoms with Crippen LogP contribution in [0.25, 0.3) is 0 Å². The zero-order valence-corrected chi connectivity index (χ0v) is 8.21. The summed E-state index contributed by atoms with van der Waals surface area (Å²) in [5, 5.41) is 8.78. The average molecular weight is 188 g/mol. The lowest BCUT2D eigenvalue weighted by atomic mass is 9.95. The van der Waals surface area contributed by atoms with Gasteiger partial charge in [-0.2, -0.15) is 5.26 Å². The van der Waals surface area contributed by atoms with Crippen molar-refractivity contribution in [2.45, 2.75) is 25.7 Å². The highest BCUT2D eigenvalue weighted by Crippen LogP contribution is 2.19. The third kappa shape index (κ3) is 1.24. The fourth-order valence-corrected chi connectivity index (χ4v) is 2.07. The fraction of sp³-hybridized carbons (Fsp3) is 0.455. The number of nitrogens with zero attached hydrogens (tertiary/aromatic N) is 2. The molecule has 3 heteroatoms. The van der Waals surface area contributed by atoms with Crippen molar-refractivity contribution in [1.82, 2.24) is 4.57 Å². The van der Waals surface area contributed by atoms with Gasteiger partial charge in [-0.05, 0) is 37.3 Å². The number of aromatic nitrogens is 1. The number of fused-ring (bicyclic) bond motifs is 1. The van der Waals surface area contributed by atoms with Crippen LogP contribution in [0.5, 0.6) is 0 Å². The van der Waals surface area contributed by atoms with E-state index in [0.29, 0.717) is 0 Å². The first kappa shape index (κ1) is 9.01. The topological polar surface area (TPSA) is 45.8 Å². The van der Waals surface area contributed by atoms with E-state index in [1.165, 1.54) is 5.56 Å². The van der Waals surface area contributed by atoms with Crippen molar-refractivity contribution in [2.75, 3.05) is 0 Å². The summed E-state index contributed by atoms with van der Waals surface area (Å²) < 4.78 is 1.63. The molecule has 2 rings (SSSR count). The van der Waals surface area contributed by atoms with Gasteiger partial charge in [0.05, 0.1) is 0 Å². The van der Waals surface area contributed by atoms with Crippen LogP contribution in [0.1, 0.15) is 29.7 Å². The van der Waals surface area contributed by atoms with Gasteiger partial charge in [-0.15, -0.1) is 0 Å². The van der Waals surface area contributed by atoms with Crippen molar-refractivity contribution in [3.63, 3.8) is 0 Å². The van der Waals surface area contributed by atoms with E-state index in [4.69, 9.17) is 5.26 Å². The first-order valence-corrected chi connectivity index (χ1v) is 4.86. The monoisotopic (exact) mass is 188 g/mol. The molecule has 1 aromatic rings. The molecule has 0 fully saturated rings. The maximum atomic E-state index is 11.6. The number of rotatable bonds is 0. The van der Waals surface area contributed by atoms with Crippen molar-refractivity contribution in [2.24, 2.45) is 7.05 Å². The number of nitriles is 1. The SMILES string of the molecule is Cn1c2c(cc(C#N)c1=O)CCCC2. The van der Waals surface area contributed by atoms with E-state index in [1.54, 1.807) is 17.7 Å². The number of aryl methyl sites for hydroxylation is 1. The van der Waals surface area contributed by atoms with E-state index in [-0.39, 0.29) is 11.1 Å². The minimum atomic E-state index is -0.159. The Bertz CT molecular complexity index is 465. The van der Waals surface area contributed by atoms with Crippen molar-refractivity contribution >= 4 is 0 Å². The molecule has 0 aromatic carbocycles. The maximum Gasteiger partial charge on any atom is 0.268 e. The van der Waals surface area contributed by atoms with Crippen LogP contribution in [-0.4, -0.2) is 4.57 Å². The van der Waals surface area contributed by atoms with E-state index in [1.807, 2.05) is 6.07 Å². The largest absolute Gasteiger partial charge is 0.314 e. The van der Waals surface area contributed by atoms with E-state index in [0.717, 1.165) is 31.4 Å². The summed E-state index contributed by atoms with van der Waals surface area (Å²) in [5.41, 5.74) is 2.40. The lowest BCUT2D eigenvalue weighted by molar-refractivity contribution is 0.622. The Balaban J connectivity index is 2.70. The van der Waals surface area contributed by atoms with Crippen LogP contribution in [0, 0.1) is 11.3 Å². The highest BCUT2D eigenvalue weighted by molar-refractivity contribution is 5.35. The highest BCUT2D eigenvalue weighted by Gasteiger charge is 2.15. The molecule has 1 aromatic heterocycles. The molecule has 0 spiro atoms. The fourth-order valence-electron chi connectivity index (χ4n) is 2.07. The molecule has 0 aliphatic heterocycles. The molecule has 0 unspecified atom stereocenters. The molecule has 0 N–H and O–H groups in total. The second-order valence-electron chi connectivity index (χ2n) is 3.71. The summed E-state index contributed by atoms with van der Waals surface area (Å²) in [4.78, 5) is 11.6. The van der Waals surface area contributed by atoms with Gasteiger partial charge in [0.2, 0.25) is 0 Å². The van der Waals surface area contributed by atoms with Gasteiger partial charge in [0, 0.05) is 12.7 Å². The van der Waals surface area contributed by atoms with E-state index < -0.39 is 0 Å². The van der Waals surface area contributed by atoms with Crippen LogP contribution >= 0.6 is 0 Å². The van der Waals surface area contributed by atoms with E-state index >= 15 is 0 Å². The standard InChI is InChI=1S/C11H12N2O/c1-13-10-5-3-2-4-8(10)6-9(7-12)11(13)14/h6H,2-5H2,1H3. The number of hydrogen-bond donors (Lipinski definition) is 0. The maximum absolute atomic E-state index is 11.6. The molecule has 0 amide bonds. The molecule has 0 bridgehead atoms. The quantitative estimate of drug-likeness (QED) is 0.612. The Labute approximate surface area is 82.6 Å². The Kier molecular flexibility index (Phi) is 2.12. The summed E-state index contributed by atoms with van der Waals surface area (Å²) in [6.45, 7) is 0. The molecular formula is C11H12N2O. The van der Waals surface area contributed by atoms with Crippen LogP contribution < -0.4 is 5.56 Å². The molecular weight excluding hydrogens is 176 g/mol. The lowest BCUT2D eigenvalue weighted by Crippen LogP contribution is -2.26. The molecule has 3 nitrogen and oxygen atoms in total. The van der Waals surface area contributed by atoms with Gasteiger partial charge < -0.3 is 4.57 Å². The minimum absolute atomic E-state index is 0.159. The van der Waals surface area contributed by atoms with E-state index in [9.17, 15) is 4.79 Å². The van der Waals surface area contributed by atoms with Crippen molar-refractivity contribution in [1.29, 1.82) is 5.26 Å². The second kappa shape index (κ2) is 3.30. The van der Waals surface area contributed by atoms with E-state index in [2.05, 4.69) is 0 Å². The first-order chi connectivity index (χ1) is 6.74. The molecule has 0 radical (unpaired) electrons. The zero-order valence-electron chi connectivity index (χ0n) is 8.21. The van der Waals surface area contributed by atoms with Crippen molar-refractivity contribution in [3.05, 3.63) is 33.2 Å². The molecule has 0 atom stereocenters. The van der Waals surface area contributed by atoms with Gasteiger partial charge in [0.25, 0.3) is 5.56 Å². The molecule has 14 heavy (non-hydrogen) atoms. The molecule has 0 saturated carbocycles. The Morgan fingerprint density at radius 3 is 2.86 bits per heavy atom. The van der Waals surface area contributed by atoms with Crippen LogP contribution in [-0.2, 0) is 19.9 Å². The third-order valence-electron chi connectivity index (χ3n) is 2.86. The average Bonchev–Trinajstić information content (AvgIpc) is 2.23. The normalized spacial score (nSPS) is 14.6. The lowest BCUT2D eigenvalue weighted by Gasteiger charge is -2.18. The van der Waals surface area contributed by atoms with Crippen molar-refractivity contribution in [3.8, 4) is 6.07 Å². The van der Waals surface area contributed by atoms with Crippen LogP contribution in [0.15, 0.2) is 10.9 Å². The van der Waals surface area contributed by atoms with Gasteiger partial charge in [0.1, 0.15) is 11.6 Å². The molecule has 72 valence electrons. The predicted molar refractivity (Wildman–Crippen MR) is 53.0 cm³/mol. The van der Waals surface area contributed by atoms with Crippen LogP contribution in [0.2, 0.25) is 0 Å². The number of pyridine rings is 1. The smallest absolute Gasteiger partial charge is 0.268 e. The second-order valence-corrected chi connectivity index (χ2v) is 3.71. The summed E-state index contributed by atoms with van der Waals surface area (Å²) in [6, 6.07) is 3.71. The highest BCUT2D eigenvalue weighted by atomic mass is 16.1. The van der Waals surface area contributed by atoms with Gasteiger partial charge in [0.15, 0.2) is 0 Å². The summed E-state index contributed by atoms with van der Waals surface area (Å²) in [6.07, 6.45) is 4.27. The van der Waals surface area contributed by atoms with Crippen LogP contribution in [0.4, 0.5) is 0 Å². The molecule has 1 aliphatic carbocycles. The van der Waals surface area contributed by atoms with Gasteiger partial charge in [-0.1, -0.05) is 0 Å². The Hall–Kier alpha value is -1.56. The third-order valence-corrected chi connectivity index (χ3v) is 2.86. The zero-order chi connectivity index (χ0) is 10.1. The molecule has 1 heterocycles. The summed E-state index contributed by atoms with van der Waals surface area (Å²) in [5.74, 6) is 0.